The minimum absolute atomic E-state index is 0.339. The van der Waals surface area contributed by atoms with Crippen LogP contribution < -0.4 is 10.6 Å². The highest BCUT2D eigenvalue weighted by atomic mass is 32.1. The topological polar surface area (TPSA) is 75.4 Å². The lowest BCUT2D eigenvalue weighted by atomic mass is 10.1. The number of rotatable bonds is 3. The number of anilines is 1. The molecule has 3 aromatic rings. The van der Waals surface area contributed by atoms with Gasteiger partial charge in [0.25, 0.3) is 0 Å². The lowest BCUT2D eigenvalue weighted by molar-refractivity contribution is 0.211. The zero-order valence-electron chi connectivity index (χ0n) is 15.7. The van der Waals surface area contributed by atoms with Crippen LogP contribution in [0.5, 0.6) is 0 Å². The molecule has 7 heteroatoms. The van der Waals surface area contributed by atoms with E-state index in [0.717, 1.165) is 41.4 Å². The molecule has 0 unspecified atom stereocenters. The van der Waals surface area contributed by atoms with Crippen LogP contribution in [0.15, 0.2) is 35.7 Å². The number of primary amides is 1. The molecule has 144 valence electrons. The molecule has 28 heavy (non-hydrogen) atoms. The van der Waals surface area contributed by atoms with Gasteiger partial charge in [-0.2, -0.15) is 0 Å². The Morgan fingerprint density at radius 1 is 1.07 bits per heavy atom. The fraction of sp³-hybridized carbons (Fsp3) is 0.381. The van der Waals surface area contributed by atoms with Crippen LogP contribution >= 0.6 is 11.3 Å². The highest BCUT2D eigenvalue weighted by Gasteiger charge is 2.30. The summed E-state index contributed by atoms with van der Waals surface area (Å²) in [6.07, 6.45) is 3.24. The first-order valence-corrected chi connectivity index (χ1v) is 10.7. The number of nitrogens with zero attached hydrogens (tertiary/aromatic N) is 4. The Hall–Kier alpha value is -2.67. The van der Waals surface area contributed by atoms with E-state index in [4.69, 9.17) is 15.7 Å². The zero-order valence-corrected chi connectivity index (χ0v) is 16.5. The fourth-order valence-electron chi connectivity index (χ4n) is 3.87. The maximum atomic E-state index is 11.6. The number of thiophene rings is 1. The highest BCUT2D eigenvalue weighted by molar-refractivity contribution is 7.17. The zero-order chi connectivity index (χ0) is 19.1. The van der Waals surface area contributed by atoms with Gasteiger partial charge in [0.2, 0.25) is 0 Å². The summed E-state index contributed by atoms with van der Waals surface area (Å²) in [4.78, 5) is 26.7. The Bertz CT molecular complexity index is 1010. The van der Waals surface area contributed by atoms with Gasteiger partial charge in [0, 0.05) is 43.0 Å². The normalized spacial score (nSPS) is 17.7. The van der Waals surface area contributed by atoms with Crippen molar-refractivity contribution < 1.29 is 4.79 Å². The molecule has 1 aliphatic heterocycles. The summed E-state index contributed by atoms with van der Waals surface area (Å²) < 4.78 is 0. The number of nitrogens with two attached hydrogens (primary N) is 1. The van der Waals surface area contributed by atoms with Crippen LogP contribution in [-0.2, 0) is 0 Å². The van der Waals surface area contributed by atoms with Crippen LogP contribution in [0.1, 0.15) is 31.0 Å². The van der Waals surface area contributed by atoms with E-state index in [0.29, 0.717) is 19.0 Å². The molecule has 2 amide bonds. The molecule has 1 saturated heterocycles. The Morgan fingerprint density at radius 3 is 2.64 bits per heavy atom. The summed E-state index contributed by atoms with van der Waals surface area (Å²) in [5.41, 5.74) is 7.89. The van der Waals surface area contributed by atoms with Crippen LogP contribution in [0, 0.1) is 0 Å². The van der Waals surface area contributed by atoms with Crippen molar-refractivity contribution in [2.24, 2.45) is 5.73 Å². The van der Waals surface area contributed by atoms with Gasteiger partial charge in [-0.05, 0) is 24.8 Å². The Kier molecular flexibility index (Phi) is 4.39. The van der Waals surface area contributed by atoms with Crippen LogP contribution in [0.25, 0.3) is 21.3 Å². The van der Waals surface area contributed by atoms with E-state index in [1.54, 1.807) is 16.2 Å². The van der Waals surface area contributed by atoms with Gasteiger partial charge in [-0.1, -0.05) is 30.3 Å². The van der Waals surface area contributed by atoms with Gasteiger partial charge in [-0.15, -0.1) is 11.3 Å². The Morgan fingerprint density at radius 2 is 1.89 bits per heavy atom. The Balaban J connectivity index is 1.61. The molecule has 0 spiro atoms. The maximum absolute atomic E-state index is 11.6. The molecule has 1 saturated carbocycles. The van der Waals surface area contributed by atoms with Crippen molar-refractivity contribution in [1.29, 1.82) is 0 Å². The van der Waals surface area contributed by atoms with Gasteiger partial charge in [0.05, 0.1) is 5.39 Å². The molecule has 2 aromatic heterocycles. The van der Waals surface area contributed by atoms with Crippen molar-refractivity contribution in [3.8, 4) is 11.1 Å². The SMILES string of the molecule is NC(=O)N1CCCN(c2nc(C3CC3)nc3scc(-c4ccccc4)c23)CC1. The molecule has 1 aromatic carbocycles. The number of aromatic nitrogens is 2. The van der Waals surface area contributed by atoms with Gasteiger partial charge in [-0.3, -0.25) is 0 Å². The van der Waals surface area contributed by atoms with Crippen molar-refractivity contribution in [3.63, 3.8) is 0 Å². The monoisotopic (exact) mass is 393 g/mol. The molecule has 6 nitrogen and oxygen atoms in total. The van der Waals surface area contributed by atoms with Gasteiger partial charge in [-0.25, -0.2) is 14.8 Å². The summed E-state index contributed by atoms with van der Waals surface area (Å²) >= 11 is 1.69. The van der Waals surface area contributed by atoms with Crippen LogP contribution in [0.4, 0.5) is 10.6 Å². The lowest BCUT2D eigenvalue weighted by Gasteiger charge is -2.24. The average Bonchev–Trinajstić information content (AvgIpc) is 3.51. The molecule has 2 fully saturated rings. The first-order valence-electron chi connectivity index (χ1n) is 9.84. The number of carbonyl (C=O) groups excluding carboxylic acids is 1. The highest BCUT2D eigenvalue weighted by Crippen LogP contribution is 2.43. The standard InChI is InChI=1S/C21H23N5OS/c22-21(27)26-10-4-9-25(11-12-26)19-17-16(14-5-2-1-3-6-14)13-28-20(17)24-18(23-19)15-7-8-15/h1-3,5-6,13,15H,4,7-12H2,(H2,22,27). The molecule has 1 aliphatic carbocycles. The molecular weight excluding hydrogens is 370 g/mol. The fourth-order valence-corrected chi connectivity index (χ4v) is 4.82. The van der Waals surface area contributed by atoms with Crippen molar-refractivity contribution in [2.45, 2.75) is 25.2 Å². The smallest absolute Gasteiger partial charge is 0.314 e. The number of fused-ring (bicyclic) bond motifs is 1. The van der Waals surface area contributed by atoms with E-state index in [1.807, 2.05) is 6.07 Å². The largest absolute Gasteiger partial charge is 0.354 e. The first kappa shape index (κ1) is 17.4. The third-order valence-corrected chi connectivity index (χ3v) is 6.44. The van der Waals surface area contributed by atoms with Crippen LogP contribution in [-0.4, -0.2) is 47.1 Å². The van der Waals surface area contributed by atoms with Crippen LogP contribution in [0.3, 0.4) is 0 Å². The Labute approximate surface area is 168 Å². The number of carbonyl (C=O) groups is 1. The quantitative estimate of drug-likeness (QED) is 0.734. The number of hydrogen-bond acceptors (Lipinski definition) is 5. The van der Waals surface area contributed by atoms with Gasteiger partial charge >= 0.3 is 6.03 Å². The van der Waals surface area contributed by atoms with E-state index in [9.17, 15) is 4.79 Å². The third-order valence-electron chi connectivity index (χ3n) is 5.57. The summed E-state index contributed by atoms with van der Waals surface area (Å²) in [6, 6.07) is 10.1. The van der Waals surface area contributed by atoms with Gasteiger partial charge in [0.15, 0.2) is 0 Å². The van der Waals surface area contributed by atoms with Crippen molar-refractivity contribution >= 4 is 33.4 Å². The number of amides is 2. The molecule has 0 atom stereocenters. The third kappa shape index (κ3) is 3.20. The van der Waals surface area contributed by atoms with E-state index < -0.39 is 0 Å². The van der Waals surface area contributed by atoms with E-state index >= 15 is 0 Å². The molecule has 2 N–H and O–H groups in total. The predicted octanol–water partition coefficient (Wildman–Crippen LogP) is 3.83. The van der Waals surface area contributed by atoms with Gasteiger partial charge < -0.3 is 15.5 Å². The van der Waals surface area contributed by atoms with Crippen molar-refractivity contribution in [1.82, 2.24) is 14.9 Å². The van der Waals surface area contributed by atoms with E-state index in [1.165, 1.54) is 24.0 Å². The summed E-state index contributed by atoms with van der Waals surface area (Å²) in [5, 5.41) is 3.33. The summed E-state index contributed by atoms with van der Waals surface area (Å²) in [5.74, 6) is 2.48. The molecule has 0 radical (unpaired) electrons. The second-order valence-corrected chi connectivity index (χ2v) is 8.40. The minimum Gasteiger partial charge on any atom is -0.354 e. The molecular formula is C21H23N5OS. The molecule has 0 bridgehead atoms. The number of benzene rings is 1. The first-order chi connectivity index (χ1) is 13.7. The second-order valence-electron chi connectivity index (χ2n) is 7.54. The van der Waals surface area contributed by atoms with E-state index in [2.05, 4.69) is 34.5 Å². The number of urea groups is 1. The summed E-state index contributed by atoms with van der Waals surface area (Å²) in [7, 11) is 0. The molecule has 2 aliphatic rings. The predicted molar refractivity (Wildman–Crippen MR) is 113 cm³/mol. The molecule has 5 rings (SSSR count). The molecule has 3 heterocycles. The average molecular weight is 394 g/mol. The summed E-state index contributed by atoms with van der Waals surface area (Å²) in [6.45, 7) is 2.93. The minimum atomic E-state index is -0.339. The second kappa shape index (κ2) is 7.05. The maximum Gasteiger partial charge on any atom is 0.314 e. The van der Waals surface area contributed by atoms with Crippen LogP contribution in [0.2, 0.25) is 0 Å². The lowest BCUT2D eigenvalue weighted by Crippen LogP contribution is -2.38. The van der Waals surface area contributed by atoms with Crippen molar-refractivity contribution in [2.75, 3.05) is 31.1 Å². The van der Waals surface area contributed by atoms with Crippen molar-refractivity contribution in [3.05, 3.63) is 41.5 Å². The van der Waals surface area contributed by atoms with Gasteiger partial charge in [0.1, 0.15) is 16.5 Å². The number of hydrogen-bond donors (Lipinski definition) is 1. The van der Waals surface area contributed by atoms with E-state index in [-0.39, 0.29) is 6.03 Å².